The molecule has 1 aliphatic heterocycles. The molecule has 1 aromatic carbocycles. The Morgan fingerprint density at radius 3 is 3.05 bits per heavy atom. The number of hydrogen-bond donors (Lipinski definition) is 3. The van der Waals surface area contributed by atoms with E-state index in [0.717, 1.165) is 43.6 Å². The van der Waals surface area contributed by atoms with Gasteiger partial charge >= 0.3 is 0 Å². The van der Waals surface area contributed by atoms with E-state index in [-0.39, 0.29) is 5.91 Å². The summed E-state index contributed by atoms with van der Waals surface area (Å²) in [5.41, 5.74) is 9.08. The first-order valence-corrected chi connectivity index (χ1v) is 7.03. The molecule has 0 bridgehead atoms. The van der Waals surface area contributed by atoms with Gasteiger partial charge in [0.25, 0.3) is 0 Å². The molecule has 4 N–H and O–H groups in total. The minimum atomic E-state index is 0.0983. The topological polar surface area (TPSA) is 67.1 Å². The number of benzene rings is 1. The highest BCUT2D eigenvalue weighted by Gasteiger charge is 2.16. The van der Waals surface area contributed by atoms with Gasteiger partial charge in [0.05, 0.1) is 6.42 Å². The summed E-state index contributed by atoms with van der Waals surface area (Å²) in [6.07, 6.45) is 3.71. The zero-order chi connectivity index (χ0) is 13.7. The van der Waals surface area contributed by atoms with Crippen LogP contribution in [0, 0.1) is 0 Å². The van der Waals surface area contributed by atoms with E-state index in [9.17, 15) is 4.79 Å². The smallest absolute Gasteiger partial charge is 0.228 e. The third-order valence-corrected chi connectivity index (χ3v) is 3.40. The molecule has 1 amide bonds. The molecule has 1 unspecified atom stereocenters. The van der Waals surface area contributed by atoms with Crippen LogP contribution in [-0.4, -0.2) is 25.0 Å². The van der Waals surface area contributed by atoms with Crippen molar-refractivity contribution in [3.05, 3.63) is 29.3 Å². The number of carbonyl (C=O) groups is 1. The summed E-state index contributed by atoms with van der Waals surface area (Å²) in [6.45, 7) is 4.03. The molecule has 4 nitrogen and oxygen atoms in total. The Balaban J connectivity index is 1.70. The number of anilines is 1. The maximum atomic E-state index is 11.3. The SMILES string of the molecule is CC(N)CCCNCCc1ccc2c(c1)CC(=O)N2. The van der Waals surface area contributed by atoms with E-state index in [0.29, 0.717) is 12.5 Å². The predicted molar refractivity (Wildman–Crippen MR) is 78.2 cm³/mol. The quantitative estimate of drug-likeness (QED) is 0.651. The molecule has 1 atom stereocenters. The molecule has 1 heterocycles. The fourth-order valence-corrected chi connectivity index (χ4v) is 2.34. The minimum Gasteiger partial charge on any atom is -0.328 e. The lowest BCUT2D eigenvalue weighted by Crippen LogP contribution is -2.21. The van der Waals surface area contributed by atoms with Crippen LogP contribution in [0.3, 0.4) is 0 Å². The van der Waals surface area contributed by atoms with Gasteiger partial charge in [-0.05, 0) is 56.5 Å². The number of hydrogen-bond acceptors (Lipinski definition) is 3. The van der Waals surface area contributed by atoms with Gasteiger partial charge in [0.1, 0.15) is 0 Å². The molecule has 0 aliphatic carbocycles. The first-order chi connectivity index (χ1) is 9.15. The van der Waals surface area contributed by atoms with Gasteiger partial charge in [0.2, 0.25) is 5.91 Å². The number of fused-ring (bicyclic) bond motifs is 1. The lowest BCUT2D eigenvalue weighted by atomic mass is 10.1. The summed E-state index contributed by atoms with van der Waals surface area (Å²) < 4.78 is 0. The maximum Gasteiger partial charge on any atom is 0.228 e. The number of nitrogens with one attached hydrogen (secondary N) is 2. The van der Waals surface area contributed by atoms with Crippen molar-refractivity contribution in [2.45, 2.75) is 38.6 Å². The van der Waals surface area contributed by atoms with Crippen LogP contribution in [0.4, 0.5) is 5.69 Å². The predicted octanol–water partition coefficient (Wildman–Crippen LogP) is 1.44. The normalized spacial score (nSPS) is 15.2. The van der Waals surface area contributed by atoms with Crippen LogP contribution in [0.5, 0.6) is 0 Å². The lowest BCUT2D eigenvalue weighted by molar-refractivity contribution is -0.115. The Morgan fingerprint density at radius 2 is 2.26 bits per heavy atom. The fourth-order valence-electron chi connectivity index (χ4n) is 2.34. The standard InChI is InChI=1S/C15H23N3O/c1-11(16)3-2-7-17-8-6-12-4-5-14-13(9-12)10-15(19)18-14/h4-5,9,11,17H,2-3,6-8,10,16H2,1H3,(H,18,19). The van der Waals surface area contributed by atoms with E-state index in [2.05, 4.69) is 22.8 Å². The van der Waals surface area contributed by atoms with Crippen molar-refractivity contribution >= 4 is 11.6 Å². The number of rotatable bonds is 7. The summed E-state index contributed by atoms with van der Waals surface area (Å²) in [5, 5.41) is 6.28. The molecule has 0 fully saturated rings. The Kier molecular flexibility index (Phi) is 4.93. The van der Waals surface area contributed by atoms with Crippen LogP contribution in [0.1, 0.15) is 30.9 Å². The van der Waals surface area contributed by atoms with Crippen molar-refractivity contribution < 1.29 is 4.79 Å². The van der Waals surface area contributed by atoms with Crippen molar-refractivity contribution in [2.24, 2.45) is 5.73 Å². The van der Waals surface area contributed by atoms with Gasteiger partial charge in [-0.1, -0.05) is 12.1 Å². The van der Waals surface area contributed by atoms with Crippen molar-refractivity contribution in [2.75, 3.05) is 18.4 Å². The molecule has 104 valence electrons. The van der Waals surface area contributed by atoms with Gasteiger partial charge in [0.15, 0.2) is 0 Å². The molecule has 0 saturated heterocycles. The second-order valence-electron chi connectivity index (χ2n) is 5.34. The van der Waals surface area contributed by atoms with Gasteiger partial charge in [-0.2, -0.15) is 0 Å². The van der Waals surface area contributed by atoms with Crippen LogP contribution in [0.2, 0.25) is 0 Å². The Bertz CT molecular complexity index is 443. The first kappa shape index (κ1) is 14.0. The second kappa shape index (κ2) is 6.68. The third kappa shape index (κ3) is 4.33. The molecule has 0 aromatic heterocycles. The summed E-state index contributed by atoms with van der Waals surface area (Å²) in [5.74, 6) is 0.0983. The largest absolute Gasteiger partial charge is 0.328 e. The van der Waals surface area contributed by atoms with E-state index < -0.39 is 0 Å². The molecular formula is C15H23N3O. The van der Waals surface area contributed by atoms with Crippen LogP contribution in [0.25, 0.3) is 0 Å². The van der Waals surface area contributed by atoms with E-state index in [1.165, 1.54) is 5.56 Å². The summed E-state index contributed by atoms with van der Waals surface area (Å²) in [7, 11) is 0. The monoisotopic (exact) mass is 261 g/mol. The average molecular weight is 261 g/mol. The number of carbonyl (C=O) groups excluding carboxylic acids is 1. The van der Waals surface area contributed by atoms with Gasteiger partial charge in [-0.3, -0.25) is 4.79 Å². The van der Waals surface area contributed by atoms with Crippen LogP contribution < -0.4 is 16.4 Å². The fraction of sp³-hybridized carbons (Fsp3) is 0.533. The molecule has 1 aromatic rings. The van der Waals surface area contributed by atoms with Crippen molar-refractivity contribution in [3.63, 3.8) is 0 Å². The molecule has 2 rings (SSSR count). The van der Waals surface area contributed by atoms with Crippen molar-refractivity contribution in [1.82, 2.24) is 5.32 Å². The highest BCUT2D eigenvalue weighted by molar-refractivity contribution is 5.99. The maximum absolute atomic E-state index is 11.3. The highest BCUT2D eigenvalue weighted by atomic mass is 16.1. The van der Waals surface area contributed by atoms with E-state index >= 15 is 0 Å². The molecule has 4 heteroatoms. The molecule has 0 spiro atoms. The van der Waals surface area contributed by atoms with E-state index in [4.69, 9.17) is 5.73 Å². The second-order valence-corrected chi connectivity index (χ2v) is 5.34. The van der Waals surface area contributed by atoms with E-state index in [1.807, 2.05) is 13.0 Å². The van der Waals surface area contributed by atoms with Gasteiger partial charge in [-0.25, -0.2) is 0 Å². The summed E-state index contributed by atoms with van der Waals surface area (Å²) in [6, 6.07) is 6.53. The summed E-state index contributed by atoms with van der Waals surface area (Å²) in [4.78, 5) is 11.3. The molecule has 19 heavy (non-hydrogen) atoms. The van der Waals surface area contributed by atoms with E-state index in [1.54, 1.807) is 0 Å². The summed E-state index contributed by atoms with van der Waals surface area (Å²) >= 11 is 0. The van der Waals surface area contributed by atoms with Gasteiger partial charge in [-0.15, -0.1) is 0 Å². The third-order valence-electron chi connectivity index (χ3n) is 3.40. The van der Waals surface area contributed by atoms with Crippen LogP contribution in [-0.2, 0) is 17.6 Å². The lowest BCUT2D eigenvalue weighted by Gasteiger charge is -2.07. The zero-order valence-corrected chi connectivity index (χ0v) is 11.5. The van der Waals surface area contributed by atoms with Crippen molar-refractivity contribution in [1.29, 1.82) is 0 Å². The van der Waals surface area contributed by atoms with Crippen LogP contribution in [0.15, 0.2) is 18.2 Å². The van der Waals surface area contributed by atoms with Gasteiger partial charge in [0, 0.05) is 11.7 Å². The Morgan fingerprint density at radius 1 is 1.42 bits per heavy atom. The number of amides is 1. The number of nitrogens with two attached hydrogens (primary N) is 1. The molecule has 0 radical (unpaired) electrons. The Labute approximate surface area is 114 Å². The zero-order valence-electron chi connectivity index (χ0n) is 11.5. The average Bonchev–Trinajstić information content (AvgIpc) is 2.72. The van der Waals surface area contributed by atoms with Crippen LogP contribution >= 0.6 is 0 Å². The van der Waals surface area contributed by atoms with Crippen molar-refractivity contribution in [3.8, 4) is 0 Å². The van der Waals surface area contributed by atoms with Gasteiger partial charge < -0.3 is 16.4 Å². The molecule has 0 saturated carbocycles. The Hall–Kier alpha value is -1.39. The molecular weight excluding hydrogens is 238 g/mol. The first-order valence-electron chi connectivity index (χ1n) is 7.03. The molecule has 1 aliphatic rings. The minimum absolute atomic E-state index is 0.0983. The highest BCUT2D eigenvalue weighted by Crippen LogP contribution is 2.23.